The first-order chi connectivity index (χ1) is 26.3. The standard InChI is InChI=1S/C25H38O4Si2.C21H24O3.3CH4.H2/c1-21(26)28-25-18-10-8-14-23(25)16-12-20-31(5,6)29-30(3,4)19-11-15-22-13-7-9-17-24(22)27-2;1-16(22)24-20-12-8-18(9-13-20)21(14-4-3-5-15-21)17-6-10-19(23-2)11-7-17;;;;/h7-10,13-14,17-18H,11-12,15-16,19-20H2,1-6H3;6-13H,3-5,14-15H2,1-2H3;3*1H4;1H. The highest BCUT2D eigenvalue weighted by Crippen LogP contribution is 2.45. The predicted octanol–water partition coefficient (Wildman–Crippen LogP) is 13.6. The summed E-state index contributed by atoms with van der Waals surface area (Å²) < 4.78 is 28.1. The number of para-hydroxylation sites is 2. The SMILES string of the molecule is C.C.C.COc1ccc(C2(c3ccc(OC(C)=O)cc3)CCCCC2)cc1.COc1ccccc1CCC[Si](C)(C)O[Si](C)(C)CCCc1ccccc1OC(C)=O.[HH]. The molecule has 0 atom stereocenters. The lowest BCUT2D eigenvalue weighted by atomic mass is 9.65. The van der Waals surface area contributed by atoms with Gasteiger partial charge in [-0.1, -0.05) is 102 Å². The normalized spacial score (nSPS) is 13.2. The van der Waals surface area contributed by atoms with Crippen LogP contribution in [0, 0.1) is 0 Å². The highest BCUT2D eigenvalue weighted by atomic mass is 28.4. The highest BCUT2D eigenvalue weighted by molar-refractivity contribution is 6.84. The summed E-state index contributed by atoms with van der Waals surface area (Å²) in [5.41, 5.74) is 5.04. The molecule has 4 aromatic carbocycles. The van der Waals surface area contributed by atoms with Gasteiger partial charge >= 0.3 is 11.9 Å². The summed E-state index contributed by atoms with van der Waals surface area (Å²) in [5, 5.41) is 0. The Balaban J connectivity index is 0.00000109. The highest BCUT2D eigenvalue weighted by Gasteiger charge is 2.36. The minimum atomic E-state index is -1.76. The average molecular weight is 833 g/mol. The molecule has 0 N–H and O–H groups in total. The van der Waals surface area contributed by atoms with E-state index in [1.807, 2.05) is 60.7 Å². The van der Waals surface area contributed by atoms with Gasteiger partial charge in [-0.25, -0.2) is 0 Å². The van der Waals surface area contributed by atoms with E-state index in [0.717, 1.165) is 67.7 Å². The molecule has 0 radical (unpaired) electrons. The fraction of sp³-hybridized carbons (Fsp3) is 0.469. The second-order valence-electron chi connectivity index (χ2n) is 15.8. The van der Waals surface area contributed by atoms with Crippen LogP contribution >= 0.6 is 0 Å². The summed E-state index contributed by atoms with van der Waals surface area (Å²) in [4.78, 5) is 22.4. The van der Waals surface area contributed by atoms with Crippen LogP contribution in [0.15, 0.2) is 97.1 Å². The molecule has 0 saturated heterocycles. The summed E-state index contributed by atoms with van der Waals surface area (Å²) in [6.07, 6.45) is 10.2. The Hall–Kier alpha value is -4.19. The number of carbonyl (C=O) groups excluding carboxylic acids is 2. The smallest absolute Gasteiger partial charge is 0.308 e. The van der Waals surface area contributed by atoms with Crippen molar-refractivity contribution < 1.29 is 34.1 Å². The summed E-state index contributed by atoms with van der Waals surface area (Å²) in [6, 6.07) is 34.8. The topological polar surface area (TPSA) is 80.3 Å². The third kappa shape index (κ3) is 15.9. The van der Waals surface area contributed by atoms with Gasteiger partial charge in [-0.3, -0.25) is 9.59 Å². The second-order valence-corrected chi connectivity index (χ2v) is 24.7. The average Bonchev–Trinajstić information content (AvgIpc) is 3.15. The molecule has 1 aliphatic rings. The monoisotopic (exact) mass is 833 g/mol. The maximum absolute atomic E-state index is 11.3. The molecule has 58 heavy (non-hydrogen) atoms. The summed E-state index contributed by atoms with van der Waals surface area (Å²) in [7, 11) is -0.0613. The molecule has 1 saturated carbocycles. The van der Waals surface area contributed by atoms with E-state index in [-0.39, 0.29) is 41.1 Å². The maximum atomic E-state index is 11.3. The molecular formula is C49H76O7Si2. The molecule has 0 spiro atoms. The largest absolute Gasteiger partial charge is 0.497 e. The lowest BCUT2D eigenvalue weighted by Gasteiger charge is -2.38. The van der Waals surface area contributed by atoms with Crippen molar-refractivity contribution in [3.05, 3.63) is 119 Å². The Morgan fingerprint density at radius 3 is 1.45 bits per heavy atom. The van der Waals surface area contributed by atoms with E-state index in [9.17, 15) is 9.59 Å². The van der Waals surface area contributed by atoms with Gasteiger partial charge in [-0.2, -0.15) is 0 Å². The first-order valence-corrected chi connectivity index (χ1v) is 26.0. The van der Waals surface area contributed by atoms with Crippen molar-refractivity contribution in [2.45, 2.75) is 138 Å². The molecule has 4 aromatic rings. The quantitative estimate of drug-likeness (QED) is 0.0632. The van der Waals surface area contributed by atoms with Crippen LogP contribution < -0.4 is 18.9 Å². The van der Waals surface area contributed by atoms with Crippen molar-refractivity contribution in [1.29, 1.82) is 0 Å². The Labute approximate surface area is 355 Å². The van der Waals surface area contributed by atoms with Crippen molar-refractivity contribution in [2.75, 3.05) is 14.2 Å². The van der Waals surface area contributed by atoms with E-state index in [4.69, 9.17) is 23.1 Å². The molecule has 9 heteroatoms. The lowest BCUT2D eigenvalue weighted by molar-refractivity contribution is -0.132. The third-order valence-corrected chi connectivity index (χ3v) is 18.0. The number of carbonyl (C=O) groups is 2. The van der Waals surface area contributed by atoms with Crippen LogP contribution in [-0.4, -0.2) is 42.8 Å². The van der Waals surface area contributed by atoms with E-state index >= 15 is 0 Å². The third-order valence-electron chi connectivity index (χ3n) is 10.4. The van der Waals surface area contributed by atoms with Crippen LogP contribution in [-0.2, 0) is 32.0 Å². The molecule has 0 heterocycles. The number of methoxy groups -OCH3 is 2. The second kappa shape index (κ2) is 24.7. The number of ether oxygens (including phenoxy) is 4. The number of benzene rings is 4. The Bertz CT molecular complexity index is 1800. The van der Waals surface area contributed by atoms with Gasteiger partial charge in [0.25, 0.3) is 0 Å². The Morgan fingerprint density at radius 2 is 1.00 bits per heavy atom. The molecule has 1 aliphatic carbocycles. The summed E-state index contributed by atoms with van der Waals surface area (Å²) in [6.45, 7) is 12.2. The van der Waals surface area contributed by atoms with Crippen molar-refractivity contribution in [1.82, 2.24) is 0 Å². The van der Waals surface area contributed by atoms with Crippen LogP contribution in [0.5, 0.6) is 23.0 Å². The number of rotatable bonds is 16. The van der Waals surface area contributed by atoms with Crippen molar-refractivity contribution in [3.63, 3.8) is 0 Å². The molecule has 1 fully saturated rings. The Kier molecular flexibility index (Phi) is 22.0. The molecular weight excluding hydrogens is 757 g/mol. The van der Waals surface area contributed by atoms with Crippen LogP contribution in [0.25, 0.3) is 0 Å². The molecule has 0 aromatic heterocycles. The van der Waals surface area contributed by atoms with E-state index in [1.54, 1.807) is 14.2 Å². The maximum Gasteiger partial charge on any atom is 0.308 e. The van der Waals surface area contributed by atoms with E-state index in [2.05, 4.69) is 62.6 Å². The van der Waals surface area contributed by atoms with Gasteiger partial charge in [-0.05, 0) is 135 Å². The van der Waals surface area contributed by atoms with Crippen LogP contribution in [0.3, 0.4) is 0 Å². The fourth-order valence-electron chi connectivity index (χ4n) is 7.95. The molecule has 7 nitrogen and oxygen atoms in total. The zero-order valence-corrected chi connectivity index (χ0v) is 36.4. The predicted molar refractivity (Wildman–Crippen MR) is 250 cm³/mol. The first kappa shape index (κ1) is 51.8. The number of hydrogen-bond acceptors (Lipinski definition) is 7. The number of hydrogen-bond donors (Lipinski definition) is 0. The van der Waals surface area contributed by atoms with Gasteiger partial charge in [0, 0.05) is 20.7 Å². The van der Waals surface area contributed by atoms with Crippen molar-refractivity contribution >= 4 is 28.6 Å². The first-order valence-electron chi connectivity index (χ1n) is 19.8. The Morgan fingerprint density at radius 1 is 0.569 bits per heavy atom. The van der Waals surface area contributed by atoms with Gasteiger partial charge < -0.3 is 23.1 Å². The van der Waals surface area contributed by atoms with E-state index in [1.165, 1.54) is 49.8 Å². The molecule has 0 amide bonds. The van der Waals surface area contributed by atoms with Crippen molar-refractivity contribution in [2.24, 2.45) is 0 Å². The van der Waals surface area contributed by atoms with Crippen LogP contribution in [0.2, 0.25) is 38.3 Å². The van der Waals surface area contributed by atoms with Gasteiger partial charge in [0.1, 0.15) is 23.0 Å². The van der Waals surface area contributed by atoms with Crippen LogP contribution in [0.4, 0.5) is 0 Å². The zero-order valence-electron chi connectivity index (χ0n) is 34.4. The van der Waals surface area contributed by atoms with Crippen molar-refractivity contribution in [3.8, 4) is 23.0 Å². The number of aryl methyl sites for hydroxylation is 2. The molecule has 0 aliphatic heterocycles. The number of esters is 2. The zero-order chi connectivity index (χ0) is 39.9. The summed E-state index contributed by atoms with van der Waals surface area (Å²) in [5.74, 6) is 2.59. The molecule has 322 valence electrons. The van der Waals surface area contributed by atoms with E-state index in [0.29, 0.717) is 11.5 Å². The van der Waals surface area contributed by atoms with E-state index < -0.39 is 16.6 Å². The molecule has 0 unspecified atom stereocenters. The minimum absolute atomic E-state index is 0. The van der Waals surface area contributed by atoms with Gasteiger partial charge in [0.2, 0.25) is 0 Å². The molecule has 0 bridgehead atoms. The summed E-state index contributed by atoms with van der Waals surface area (Å²) >= 11 is 0. The lowest BCUT2D eigenvalue weighted by Crippen LogP contribution is -2.44. The van der Waals surface area contributed by atoms with Gasteiger partial charge in [0.15, 0.2) is 16.6 Å². The van der Waals surface area contributed by atoms with Gasteiger partial charge in [0.05, 0.1) is 14.2 Å². The molecule has 5 rings (SSSR count). The van der Waals surface area contributed by atoms with Gasteiger partial charge in [-0.15, -0.1) is 0 Å². The fourth-order valence-corrected chi connectivity index (χ4v) is 16.8. The van der Waals surface area contributed by atoms with Crippen LogP contribution in [0.1, 0.15) is 105 Å². The minimum Gasteiger partial charge on any atom is -0.497 e.